The molecule has 0 aliphatic carbocycles. The maximum atomic E-state index is 12.6. The summed E-state index contributed by atoms with van der Waals surface area (Å²) in [7, 11) is 0. The van der Waals surface area contributed by atoms with Crippen molar-refractivity contribution in [3.8, 4) is 0 Å². The van der Waals surface area contributed by atoms with Crippen LogP contribution in [0.25, 0.3) is 0 Å². The van der Waals surface area contributed by atoms with Crippen molar-refractivity contribution in [3.05, 3.63) is 11.8 Å². The zero-order valence-corrected chi connectivity index (χ0v) is 10.5. The molecule has 1 atom stereocenters. The highest BCUT2D eigenvalue weighted by molar-refractivity contribution is 5.92. The molecule has 0 fully saturated rings. The molecule has 1 rings (SSSR count). The van der Waals surface area contributed by atoms with E-state index in [1.807, 2.05) is 0 Å². The number of hydrogen-bond donors (Lipinski definition) is 1. The first-order valence-electron chi connectivity index (χ1n) is 5.59. The first kappa shape index (κ1) is 14.5. The van der Waals surface area contributed by atoms with Gasteiger partial charge in [-0.05, 0) is 13.8 Å². The monoisotopic (exact) mass is 263 g/mol. The summed E-state index contributed by atoms with van der Waals surface area (Å²) in [6, 6.07) is -0.478. The molecule has 4 nitrogen and oxygen atoms in total. The number of hydrogen-bond acceptors (Lipinski definition) is 3. The van der Waals surface area contributed by atoms with Crippen LogP contribution in [0.5, 0.6) is 0 Å². The third-order valence-corrected chi connectivity index (χ3v) is 2.75. The van der Waals surface area contributed by atoms with Crippen molar-refractivity contribution in [3.63, 3.8) is 0 Å². The average Bonchev–Trinajstić information content (AvgIpc) is 2.25. The molecule has 0 bridgehead atoms. The van der Waals surface area contributed by atoms with Crippen molar-refractivity contribution in [2.24, 2.45) is 4.99 Å². The maximum absolute atomic E-state index is 12.6. The van der Waals surface area contributed by atoms with Gasteiger partial charge in [0, 0.05) is 13.5 Å². The first-order valence-corrected chi connectivity index (χ1v) is 5.59. The molecule has 0 aromatic heterocycles. The van der Waals surface area contributed by atoms with Gasteiger partial charge in [0.15, 0.2) is 0 Å². The highest BCUT2D eigenvalue weighted by atomic mass is 19.4. The van der Waals surface area contributed by atoms with Crippen molar-refractivity contribution in [2.75, 3.05) is 13.1 Å². The number of rotatable bonds is 1. The zero-order chi connectivity index (χ0) is 13.9. The molecule has 1 aliphatic rings. The van der Waals surface area contributed by atoms with E-state index in [1.165, 1.54) is 18.7 Å². The third kappa shape index (κ3) is 3.24. The van der Waals surface area contributed by atoms with Crippen LogP contribution in [0.4, 0.5) is 13.2 Å². The van der Waals surface area contributed by atoms with E-state index in [9.17, 15) is 18.0 Å². The fourth-order valence-electron chi connectivity index (χ4n) is 1.77. The summed E-state index contributed by atoms with van der Waals surface area (Å²) in [4.78, 5) is 16.8. The summed E-state index contributed by atoms with van der Waals surface area (Å²) >= 11 is 0. The van der Waals surface area contributed by atoms with Gasteiger partial charge < -0.3 is 10.2 Å². The molecule has 0 saturated heterocycles. The van der Waals surface area contributed by atoms with Crippen molar-refractivity contribution >= 4 is 11.7 Å². The van der Waals surface area contributed by atoms with Gasteiger partial charge in [0.25, 0.3) is 0 Å². The van der Waals surface area contributed by atoms with Gasteiger partial charge >= 0.3 is 6.18 Å². The average molecular weight is 263 g/mol. The second-order valence-electron chi connectivity index (χ2n) is 3.98. The third-order valence-electron chi connectivity index (χ3n) is 2.75. The molecule has 7 heteroatoms. The van der Waals surface area contributed by atoms with Crippen LogP contribution in [0.15, 0.2) is 16.8 Å². The largest absolute Gasteiger partial charge is 0.430 e. The summed E-state index contributed by atoms with van der Waals surface area (Å²) < 4.78 is 37.8. The Hall–Kier alpha value is -1.53. The molecule has 1 unspecified atom stereocenters. The van der Waals surface area contributed by atoms with Gasteiger partial charge in [-0.1, -0.05) is 6.08 Å². The van der Waals surface area contributed by atoms with E-state index >= 15 is 0 Å². The van der Waals surface area contributed by atoms with Gasteiger partial charge in [0.2, 0.25) is 5.91 Å². The predicted octanol–water partition coefficient (Wildman–Crippen LogP) is 1.69. The normalized spacial score (nSPS) is 21.7. The maximum Gasteiger partial charge on any atom is 0.430 e. The van der Waals surface area contributed by atoms with E-state index in [-0.39, 0.29) is 11.7 Å². The molecular weight excluding hydrogens is 247 g/mol. The summed E-state index contributed by atoms with van der Waals surface area (Å²) in [6.07, 6.45) is -3.50. The number of alkyl halides is 3. The van der Waals surface area contributed by atoms with Crippen LogP contribution in [-0.4, -0.2) is 42.0 Å². The van der Waals surface area contributed by atoms with Gasteiger partial charge in [0.05, 0.1) is 12.6 Å². The lowest BCUT2D eigenvalue weighted by molar-refractivity contribution is -0.129. The van der Waals surface area contributed by atoms with Crippen LogP contribution < -0.4 is 5.32 Å². The molecule has 0 saturated carbocycles. The van der Waals surface area contributed by atoms with E-state index in [0.717, 1.165) is 6.08 Å². The number of allylic oxidation sites excluding steroid dienone is 2. The number of nitrogens with one attached hydrogen (secondary N) is 1. The molecule has 18 heavy (non-hydrogen) atoms. The quantitative estimate of drug-likeness (QED) is 0.782. The Morgan fingerprint density at radius 3 is 2.61 bits per heavy atom. The van der Waals surface area contributed by atoms with E-state index in [4.69, 9.17) is 0 Å². The van der Waals surface area contributed by atoms with Crippen molar-refractivity contribution < 1.29 is 18.0 Å². The minimum atomic E-state index is -4.45. The molecule has 1 N–H and O–H groups in total. The van der Waals surface area contributed by atoms with Crippen LogP contribution in [0, 0.1) is 0 Å². The fraction of sp³-hybridized carbons (Fsp3) is 0.636. The topological polar surface area (TPSA) is 44.7 Å². The Morgan fingerprint density at radius 1 is 1.56 bits per heavy atom. The second-order valence-corrected chi connectivity index (χ2v) is 3.98. The number of halogens is 3. The number of carbonyl (C=O) groups is 1. The van der Waals surface area contributed by atoms with Crippen LogP contribution >= 0.6 is 0 Å². The number of amidine groups is 1. The summed E-state index contributed by atoms with van der Waals surface area (Å²) in [5.74, 6) is -0.00684. The van der Waals surface area contributed by atoms with E-state index in [0.29, 0.717) is 13.1 Å². The van der Waals surface area contributed by atoms with Gasteiger partial charge in [-0.2, -0.15) is 13.2 Å². The molecule has 102 valence electrons. The van der Waals surface area contributed by atoms with Crippen LogP contribution in [0.2, 0.25) is 0 Å². The molecule has 0 aromatic rings. The van der Waals surface area contributed by atoms with Crippen molar-refractivity contribution in [1.29, 1.82) is 0 Å². The summed E-state index contributed by atoms with van der Waals surface area (Å²) in [6.45, 7) is 5.07. The Kier molecular flexibility index (Phi) is 4.37. The number of carbonyl (C=O) groups excluding carboxylic acids is 1. The minimum absolute atomic E-state index is 0.168. The summed E-state index contributed by atoms with van der Waals surface area (Å²) in [5.41, 5.74) is -0.862. The van der Waals surface area contributed by atoms with Gasteiger partial charge in [-0.3, -0.25) is 9.79 Å². The van der Waals surface area contributed by atoms with Crippen LogP contribution in [0.3, 0.4) is 0 Å². The molecular formula is C11H16F3N3O. The second kappa shape index (κ2) is 5.41. The van der Waals surface area contributed by atoms with Crippen molar-refractivity contribution in [2.45, 2.75) is 33.0 Å². The van der Waals surface area contributed by atoms with E-state index < -0.39 is 17.9 Å². The Bertz CT molecular complexity index is 387. The summed E-state index contributed by atoms with van der Waals surface area (Å²) in [5, 5.41) is 2.27. The molecule has 0 radical (unpaired) electrons. The zero-order valence-electron chi connectivity index (χ0n) is 10.5. The lowest BCUT2D eigenvalue weighted by atomic mass is 10.2. The molecule has 1 heterocycles. The van der Waals surface area contributed by atoms with E-state index in [1.54, 1.807) is 6.92 Å². The fourth-order valence-corrected chi connectivity index (χ4v) is 1.77. The first-order chi connectivity index (χ1) is 8.27. The molecule has 0 spiro atoms. The number of nitrogens with zero attached hydrogens (tertiary/aromatic N) is 2. The standard InChI is InChI=1S/C11H16F3N3O/c1-4-9(11(12,13)14)16-10-7(2)17(8(3)18)6-5-15-10/h4,7H,5-6H2,1-3H3,(H,15,16)/b9-4-. The lowest BCUT2D eigenvalue weighted by Gasteiger charge is -2.33. The minimum Gasteiger partial charge on any atom is -0.339 e. The molecule has 0 aromatic carbocycles. The lowest BCUT2D eigenvalue weighted by Crippen LogP contribution is -2.52. The highest BCUT2D eigenvalue weighted by Gasteiger charge is 2.35. The van der Waals surface area contributed by atoms with Crippen molar-refractivity contribution in [1.82, 2.24) is 10.2 Å². The van der Waals surface area contributed by atoms with Crippen LogP contribution in [0.1, 0.15) is 20.8 Å². The van der Waals surface area contributed by atoms with Gasteiger partial charge in [-0.25, -0.2) is 0 Å². The molecule has 1 amide bonds. The number of aliphatic imine (C=N–C) groups is 1. The Morgan fingerprint density at radius 2 is 2.17 bits per heavy atom. The molecule has 1 aliphatic heterocycles. The highest BCUT2D eigenvalue weighted by Crippen LogP contribution is 2.23. The van der Waals surface area contributed by atoms with Gasteiger partial charge in [-0.15, -0.1) is 0 Å². The van der Waals surface area contributed by atoms with E-state index in [2.05, 4.69) is 10.3 Å². The Balaban J connectivity index is 2.85. The number of amides is 1. The SMILES string of the molecule is C/C=C(\NC1=NCCN(C(C)=O)C1C)C(F)(F)F. The Labute approximate surface area is 104 Å². The predicted molar refractivity (Wildman–Crippen MR) is 62.1 cm³/mol. The smallest absolute Gasteiger partial charge is 0.339 e. The van der Waals surface area contributed by atoms with Crippen LogP contribution in [-0.2, 0) is 4.79 Å². The van der Waals surface area contributed by atoms with Gasteiger partial charge in [0.1, 0.15) is 11.5 Å².